The highest BCUT2D eigenvalue weighted by molar-refractivity contribution is 7.99. The Kier molecular flexibility index (Phi) is 12.5. The van der Waals surface area contributed by atoms with Gasteiger partial charge in [-0.15, -0.1) is 0 Å². The van der Waals surface area contributed by atoms with Crippen LogP contribution in [0, 0.1) is 0 Å². The number of H-pyrrole nitrogens is 1. The second-order valence-electron chi connectivity index (χ2n) is 7.04. The predicted molar refractivity (Wildman–Crippen MR) is 110 cm³/mol. The fourth-order valence-electron chi connectivity index (χ4n) is 3.22. The topological polar surface area (TPSA) is 70.4 Å². The number of aromatic amines is 1. The van der Waals surface area contributed by atoms with Gasteiger partial charge in [0, 0.05) is 0 Å². The molecule has 3 N–H and O–H groups in total. The van der Waals surface area contributed by atoms with Gasteiger partial charge in [0.15, 0.2) is 5.16 Å². The molecule has 150 valence electrons. The standard InChI is InChI=1S/C20H37N3O2S/c1-4-7-8-9-10-11-12-17-18(24)21-20(22-19(17)25)26-16-15-23(13-5-2)14-6-3/h4-16H2,1-3H3,(H2,21,22,24,25)/p+1. The maximum Gasteiger partial charge on any atom is 0.258 e. The number of thioether (sulfide) groups is 1. The van der Waals surface area contributed by atoms with E-state index in [1.165, 1.54) is 63.4 Å². The molecule has 0 aliphatic rings. The minimum atomic E-state index is -0.181. The Balaban J connectivity index is 2.46. The van der Waals surface area contributed by atoms with E-state index in [9.17, 15) is 9.90 Å². The highest BCUT2D eigenvalue weighted by Gasteiger charge is 2.12. The Labute approximate surface area is 163 Å². The van der Waals surface area contributed by atoms with Crippen LogP contribution in [0.15, 0.2) is 9.95 Å². The molecule has 0 aliphatic carbocycles. The van der Waals surface area contributed by atoms with E-state index < -0.39 is 0 Å². The molecule has 0 radical (unpaired) electrons. The molecular weight excluding hydrogens is 346 g/mol. The van der Waals surface area contributed by atoms with E-state index in [2.05, 4.69) is 30.7 Å². The fraction of sp³-hybridized carbons (Fsp3) is 0.800. The molecule has 0 aliphatic heterocycles. The molecule has 6 heteroatoms. The van der Waals surface area contributed by atoms with Crippen LogP contribution in [0.3, 0.4) is 0 Å². The molecule has 0 saturated heterocycles. The maximum absolute atomic E-state index is 12.3. The molecular formula is C20H38N3O2S+. The highest BCUT2D eigenvalue weighted by Crippen LogP contribution is 2.18. The number of hydrogen-bond acceptors (Lipinski definition) is 4. The summed E-state index contributed by atoms with van der Waals surface area (Å²) >= 11 is 1.53. The van der Waals surface area contributed by atoms with Crippen molar-refractivity contribution in [3.8, 4) is 5.88 Å². The maximum atomic E-state index is 12.3. The number of nitrogens with one attached hydrogen (secondary N) is 2. The van der Waals surface area contributed by atoms with Crippen LogP contribution < -0.4 is 10.5 Å². The lowest BCUT2D eigenvalue weighted by atomic mass is 10.1. The summed E-state index contributed by atoms with van der Waals surface area (Å²) in [5.41, 5.74) is 0.258. The van der Waals surface area contributed by atoms with Gasteiger partial charge >= 0.3 is 0 Å². The first-order valence-corrected chi connectivity index (χ1v) is 11.4. The molecule has 0 spiro atoms. The molecule has 26 heavy (non-hydrogen) atoms. The Morgan fingerprint density at radius 3 is 2.23 bits per heavy atom. The van der Waals surface area contributed by atoms with Gasteiger partial charge in [0.2, 0.25) is 5.88 Å². The van der Waals surface area contributed by atoms with Crippen LogP contribution in [-0.4, -0.2) is 40.5 Å². The van der Waals surface area contributed by atoms with E-state index in [1.807, 2.05) is 0 Å². The zero-order valence-corrected chi connectivity index (χ0v) is 17.7. The average molecular weight is 385 g/mol. The van der Waals surface area contributed by atoms with Crippen LogP contribution in [0.4, 0.5) is 0 Å². The molecule has 0 saturated carbocycles. The average Bonchev–Trinajstić information content (AvgIpc) is 2.60. The van der Waals surface area contributed by atoms with Crippen molar-refractivity contribution >= 4 is 11.8 Å². The molecule has 0 aromatic carbocycles. The first kappa shape index (κ1) is 23.0. The van der Waals surface area contributed by atoms with Gasteiger partial charge in [0.05, 0.1) is 31.0 Å². The van der Waals surface area contributed by atoms with E-state index >= 15 is 0 Å². The van der Waals surface area contributed by atoms with Gasteiger partial charge in [0.1, 0.15) is 0 Å². The van der Waals surface area contributed by atoms with Crippen molar-refractivity contribution in [2.75, 3.05) is 25.4 Å². The minimum absolute atomic E-state index is 0.0869. The SMILES string of the molecule is CCCCCCCCc1c(O)nc(SCC[NH+](CCC)CCC)[nH]c1=O. The predicted octanol–water partition coefficient (Wildman–Crippen LogP) is 3.18. The lowest BCUT2D eigenvalue weighted by molar-refractivity contribution is -0.897. The Hall–Kier alpha value is -1.01. The summed E-state index contributed by atoms with van der Waals surface area (Å²) in [5.74, 6) is 0.810. The van der Waals surface area contributed by atoms with Gasteiger partial charge in [0.25, 0.3) is 5.56 Å². The number of hydrogen-bond donors (Lipinski definition) is 3. The summed E-state index contributed by atoms with van der Waals surface area (Å²) in [7, 11) is 0. The lowest BCUT2D eigenvalue weighted by Crippen LogP contribution is -3.12. The van der Waals surface area contributed by atoms with Crippen molar-refractivity contribution in [1.82, 2.24) is 9.97 Å². The largest absolute Gasteiger partial charge is 0.493 e. The lowest BCUT2D eigenvalue weighted by Gasteiger charge is -2.17. The van der Waals surface area contributed by atoms with E-state index in [1.54, 1.807) is 4.90 Å². The number of quaternary nitrogens is 1. The molecule has 0 atom stereocenters. The molecule has 0 unspecified atom stereocenters. The van der Waals surface area contributed by atoms with Gasteiger partial charge < -0.3 is 15.0 Å². The van der Waals surface area contributed by atoms with E-state index in [0.29, 0.717) is 17.1 Å². The summed E-state index contributed by atoms with van der Waals surface area (Å²) in [5, 5.41) is 10.7. The van der Waals surface area contributed by atoms with Crippen LogP contribution >= 0.6 is 11.8 Å². The van der Waals surface area contributed by atoms with Crippen molar-refractivity contribution in [1.29, 1.82) is 0 Å². The Morgan fingerprint density at radius 1 is 0.962 bits per heavy atom. The van der Waals surface area contributed by atoms with Gasteiger partial charge in [-0.3, -0.25) is 4.79 Å². The smallest absolute Gasteiger partial charge is 0.258 e. The fourth-order valence-corrected chi connectivity index (χ4v) is 4.12. The van der Waals surface area contributed by atoms with Crippen LogP contribution in [0.25, 0.3) is 0 Å². The van der Waals surface area contributed by atoms with Crippen molar-refractivity contribution in [3.63, 3.8) is 0 Å². The van der Waals surface area contributed by atoms with Crippen LogP contribution in [0.2, 0.25) is 0 Å². The number of aromatic hydroxyl groups is 1. The summed E-state index contributed by atoms with van der Waals surface area (Å²) in [6, 6.07) is 0. The van der Waals surface area contributed by atoms with E-state index in [-0.39, 0.29) is 11.4 Å². The normalized spacial score (nSPS) is 11.4. The zero-order chi connectivity index (χ0) is 19.2. The van der Waals surface area contributed by atoms with Gasteiger partial charge in [-0.25, -0.2) is 0 Å². The second kappa shape index (κ2) is 14.1. The number of rotatable bonds is 15. The third-order valence-electron chi connectivity index (χ3n) is 4.65. The third-order valence-corrected chi connectivity index (χ3v) is 5.53. The summed E-state index contributed by atoms with van der Waals surface area (Å²) in [4.78, 5) is 20.9. The van der Waals surface area contributed by atoms with Gasteiger partial charge in [-0.2, -0.15) is 4.98 Å². The van der Waals surface area contributed by atoms with Crippen LogP contribution in [-0.2, 0) is 6.42 Å². The monoisotopic (exact) mass is 384 g/mol. The molecule has 0 amide bonds. The molecule has 1 heterocycles. The molecule has 0 fully saturated rings. The van der Waals surface area contributed by atoms with Crippen molar-refractivity contribution in [3.05, 3.63) is 15.9 Å². The molecule has 0 bridgehead atoms. The van der Waals surface area contributed by atoms with Crippen molar-refractivity contribution < 1.29 is 10.0 Å². The van der Waals surface area contributed by atoms with Crippen molar-refractivity contribution in [2.24, 2.45) is 0 Å². The summed E-state index contributed by atoms with van der Waals surface area (Å²) < 4.78 is 0. The zero-order valence-electron chi connectivity index (χ0n) is 16.9. The van der Waals surface area contributed by atoms with E-state index in [4.69, 9.17) is 0 Å². The number of aromatic nitrogens is 2. The number of nitrogens with zero attached hydrogens (tertiary/aromatic N) is 1. The minimum Gasteiger partial charge on any atom is -0.493 e. The highest BCUT2D eigenvalue weighted by atomic mass is 32.2. The summed E-state index contributed by atoms with van der Waals surface area (Å²) in [6.45, 7) is 10.0. The number of unbranched alkanes of at least 4 members (excludes halogenated alkanes) is 5. The quantitative estimate of drug-likeness (QED) is 0.247. The summed E-state index contributed by atoms with van der Waals surface area (Å²) in [6.07, 6.45) is 9.96. The molecule has 1 rings (SSSR count). The van der Waals surface area contributed by atoms with Gasteiger partial charge in [-0.1, -0.05) is 64.6 Å². The Morgan fingerprint density at radius 2 is 1.62 bits per heavy atom. The Bertz CT molecular complexity index is 542. The van der Waals surface area contributed by atoms with Crippen molar-refractivity contribution in [2.45, 2.75) is 83.7 Å². The second-order valence-corrected chi connectivity index (χ2v) is 8.12. The molecule has 5 nitrogen and oxygen atoms in total. The first-order chi connectivity index (χ1) is 12.6. The molecule has 1 aromatic heterocycles. The first-order valence-electron chi connectivity index (χ1n) is 10.4. The van der Waals surface area contributed by atoms with E-state index in [0.717, 1.165) is 25.1 Å². The third kappa shape index (κ3) is 9.08. The van der Waals surface area contributed by atoms with Crippen LogP contribution in [0.5, 0.6) is 5.88 Å². The molecule has 1 aromatic rings. The van der Waals surface area contributed by atoms with Crippen LogP contribution in [0.1, 0.15) is 77.7 Å². The van der Waals surface area contributed by atoms with Gasteiger partial charge in [-0.05, 0) is 25.7 Å².